The van der Waals surface area contributed by atoms with Crippen LogP contribution >= 0.6 is 0 Å². The van der Waals surface area contributed by atoms with Crippen LogP contribution in [-0.4, -0.2) is 18.3 Å². The van der Waals surface area contributed by atoms with E-state index in [1.165, 1.54) is 0 Å². The van der Waals surface area contributed by atoms with Crippen LogP contribution in [-0.2, 0) is 11.3 Å². The molecular formula is C20H21NO3. The summed E-state index contributed by atoms with van der Waals surface area (Å²) < 4.78 is 5.67. The molecule has 2 aromatic carbocycles. The van der Waals surface area contributed by atoms with Gasteiger partial charge in [0.05, 0.1) is 24.4 Å². The average molecular weight is 323 g/mol. The molecule has 0 aliphatic carbocycles. The standard InChI is InChI=1S/C20H21NO3/c1-13(2)12-24-16-9-7-15(8-10-16)11-21-18-14(3)5-4-6-17(18)19(22)20(21)23/h4-10,13H,11-12H2,1-3H3. The Morgan fingerprint density at radius 2 is 1.75 bits per heavy atom. The third-order valence-corrected chi connectivity index (χ3v) is 4.04. The van der Waals surface area contributed by atoms with Gasteiger partial charge in [-0.1, -0.05) is 38.1 Å². The van der Waals surface area contributed by atoms with Gasteiger partial charge in [-0.15, -0.1) is 0 Å². The first-order chi connectivity index (χ1) is 11.5. The lowest BCUT2D eigenvalue weighted by Gasteiger charge is -2.18. The predicted octanol–water partition coefficient (Wildman–Crippen LogP) is 3.76. The lowest BCUT2D eigenvalue weighted by atomic mass is 10.1. The van der Waals surface area contributed by atoms with E-state index < -0.39 is 11.7 Å². The summed E-state index contributed by atoms with van der Waals surface area (Å²) in [6.07, 6.45) is 0. The maximum Gasteiger partial charge on any atom is 0.299 e. The molecule has 0 atom stereocenters. The SMILES string of the molecule is Cc1cccc2c1N(Cc1ccc(OCC(C)C)cc1)C(=O)C2=O. The number of fused-ring (bicyclic) bond motifs is 1. The van der Waals surface area contributed by atoms with E-state index in [1.807, 2.05) is 43.3 Å². The molecule has 1 amide bonds. The quantitative estimate of drug-likeness (QED) is 0.787. The van der Waals surface area contributed by atoms with Gasteiger partial charge in [0.1, 0.15) is 5.75 Å². The molecule has 0 bridgehead atoms. The van der Waals surface area contributed by atoms with Gasteiger partial charge in [0.2, 0.25) is 0 Å². The second-order valence-electron chi connectivity index (χ2n) is 6.54. The summed E-state index contributed by atoms with van der Waals surface area (Å²) in [5.74, 6) is 0.398. The van der Waals surface area contributed by atoms with E-state index in [9.17, 15) is 9.59 Å². The molecule has 1 heterocycles. The molecule has 0 N–H and O–H groups in total. The van der Waals surface area contributed by atoms with E-state index >= 15 is 0 Å². The first kappa shape index (κ1) is 16.2. The Balaban J connectivity index is 1.80. The lowest BCUT2D eigenvalue weighted by molar-refractivity contribution is -0.114. The van der Waals surface area contributed by atoms with E-state index in [0.29, 0.717) is 24.6 Å². The number of nitrogens with zero attached hydrogens (tertiary/aromatic N) is 1. The van der Waals surface area contributed by atoms with Crippen LogP contribution in [0.15, 0.2) is 42.5 Å². The maximum absolute atomic E-state index is 12.3. The van der Waals surface area contributed by atoms with Crippen molar-refractivity contribution in [2.24, 2.45) is 5.92 Å². The van der Waals surface area contributed by atoms with Crippen LogP contribution in [0.4, 0.5) is 5.69 Å². The molecule has 0 aromatic heterocycles. The Labute approximate surface area is 142 Å². The number of hydrogen-bond acceptors (Lipinski definition) is 3. The first-order valence-electron chi connectivity index (χ1n) is 8.15. The highest BCUT2D eigenvalue weighted by atomic mass is 16.5. The highest BCUT2D eigenvalue weighted by Gasteiger charge is 2.36. The molecule has 1 aliphatic rings. The number of carbonyl (C=O) groups is 2. The molecule has 24 heavy (non-hydrogen) atoms. The van der Waals surface area contributed by atoms with E-state index in [1.54, 1.807) is 11.0 Å². The fourth-order valence-corrected chi connectivity index (χ4v) is 2.83. The van der Waals surface area contributed by atoms with Crippen molar-refractivity contribution in [3.63, 3.8) is 0 Å². The van der Waals surface area contributed by atoms with Gasteiger partial charge in [-0.3, -0.25) is 9.59 Å². The molecule has 1 aliphatic heterocycles. The van der Waals surface area contributed by atoms with E-state index in [2.05, 4.69) is 13.8 Å². The van der Waals surface area contributed by atoms with Gasteiger partial charge >= 0.3 is 0 Å². The number of Topliss-reactive ketones (excluding diaryl/α,β-unsaturated/α-hetero) is 1. The van der Waals surface area contributed by atoms with Crippen molar-refractivity contribution in [1.82, 2.24) is 0 Å². The van der Waals surface area contributed by atoms with Gasteiger partial charge in [-0.2, -0.15) is 0 Å². The van der Waals surface area contributed by atoms with E-state index in [-0.39, 0.29) is 0 Å². The maximum atomic E-state index is 12.3. The van der Waals surface area contributed by atoms with E-state index in [4.69, 9.17) is 4.74 Å². The summed E-state index contributed by atoms with van der Waals surface area (Å²) in [7, 11) is 0. The van der Waals surface area contributed by atoms with Gasteiger partial charge in [0.15, 0.2) is 0 Å². The van der Waals surface area contributed by atoms with Crippen molar-refractivity contribution >= 4 is 17.4 Å². The van der Waals surface area contributed by atoms with E-state index in [0.717, 1.165) is 22.6 Å². The summed E-state index contributed by atoms with van der Waals surface area (Å²) in [6, 6.07) is 13.1. The molecule has 3 rings (SSSR count). The monoisotopic (exact) mass is 323 g/mol. The van der Waals surface area contributed by atoms with Gasteiger partial charge in [0.25, 0.3) is 11.7 Å². The third kappa shape index (κ3) is 3.04. The normalized spacial score (nSPS) is 13.6. The number of ketones is 1. The number of ether oxygens (including phenoxy) is 1. The number of amides is 1. The zero-order chi connectivity index (χ0) is 17.3. The summed E-state index contributed by atoms with van der Waals surface area (Å²) >= 11 is 0. The first-order valence-corrected chi connectivity index (χ1v) is 8.15. The summed E-state index contributed by atoms with van der Waals surface area (Å²) in [6.45, 7) is 7.17. The molecule has 4 nitrogen and oxygen atoms in total. The zero-order valence-electron chi connectivity index (χ0n) is 14.2. The van der Waals surface area contributed by atoms with Crippen LogP contribution < -0.4 is 9.64 Å². The largest absolute Gasteiger partial charge is 0.493 e. The highest BCUT2D eigenvalue weighted by molar-refractivity contribution is 6.52. The number of hydrogen-bond donors (Lipinski definition) is 0. The zero-order valence-corrected chi connectivity index (χ0v) is 14.2. The number of anilines is 1. The molecule has 0 fully saturated rings. The van der Waals surface area contributed by atoms with Crippen LogP contribution in [0.5, 0.6) is 5.75 Å². The fraction of sp³-hybridized carbons (Fsp3) is 0.300. The van der Waals surface area contributed by atoms with Gasteiger partial charge in [0, 0.05) is 0 Å². The van der Waals surface area contributed by atoms with Crippen LogP contribution in [0.1, 0.15) is 35.3 Å². The van der Waals surface area contributed by atoms with Crippen LogP contribution in [0, 0.1) is 12.8 Å². The number of aryl methyl sites for hydroxylation is 1. The second-order valence-corrected chi connectivity index (χ2v) is 6.54. The minimum atomic E-state index is -0.459. The minimum absolute atomic E-state index is 0.382. The Kier molecular flexibility index (Phi) is 4.38. The van der Waals surface area contributed by atoms with Gasteiger partial charge in [-0.25, -0.2) is 0 Å². The molecule has 0 saturated carbocycles. The molecule has 0 saturated heterocycles. The Morgan fingerprint density at radius 1 is 1.04 bits per heavy atom. The predicted molar refractivity (Wildman–Crippen MR) is 93.5 cm³/mol. The van der Waals surface area contributed by atoms with Gasteiger partial charge < -0.3 is 9.64 Å². The minimum Gasteiger partial charge on any atom is -0.493 e. The number of benzene rings is 2. The number of rotatable bonds is 5. The second kappa shape index (κ2) is 6.48. The summed E-state index contributed by atoms with van der Waals surface area (Å²) in [5, 5.41) is 0. The Bertz CT molecular complexity index is 778. The summed E-state index contributed by atoms with van der Waals surface area (Å²) in [5.41, 5.74) is 3.12. The Hall–Kier alpha value is -2.62. The van der Waals surface area contributed by atoms with Crippen LogP contribution in [0.25, 0.3) is 0 Å². The molecule has 2 aromatic rings. The van der Waals surface area contributed by atoms with Crippen molar-refractivity contribution < 1.29 is 14.3 Å². The van der Waals surface area contributed by atoms with Crippen molar-refractivity contribution in [2.45, 2.75) is 27.3 Å². The lowest BCUT2D eigenvalue weighted by Crippen LogP contribution is -2.29. The topological polar surface area (TPSA) is 46.6 Å². The van der Waals surface area contributed by atoms with Crippen molar-refractivity contribution in [3.8, 4) is 5.75 Å². The highest BCUT2D eigenvalue weighted by Crippen LogP contribution is 2.33. The number of carbonyl (C=O) groups excluding carboxylic acids is 2. The summed E-state index contributed by atoms with van der Waals surface area (Å²) in [4.78, 5) is 26.0. The molecule has 4 heteroatoms. The van der Waals surface area contributed by atoms with Crippen LogP contribution in [0.2, 0.25) is 0 Å². The molecule has 0 radical (unpaired) electrons. The van der Waals surface area contributed by atoms with Crippen molar-refractivity contribution in [3.05, 3.63) is 59.2 Å². The molecule has 0 spiro atoms. The Morgan fingerprint density at radius 3 is 2.42 bits per heavy atom. The average Bonchev–Trinajstić information content (AvgIpc) is 2.80. The number of para-hydroxylation sites is 1. The smallest absolute Gasteiger partial charge is 0.299 e. The molecule has 0 unspecified atom stereocenters. The fourth-order valence-electron chi connectivity index (χ4n) is 2.83. The third-order valence-electron chi connectivity index (χ3n) is 4.04. The van der Waals surface area contributed by atoms with Gasteiger partial charge in [-0.05, 0) is 42.2 Å². The van der Waals surface area contributed by atoms with Crippen molar-refractivity contribution in [1.29, 1.82) is 0 Å². The molecule has 124 valence electrons. The molecular weight excluding hydrogens is 302 g/mol. The van der Waals surface area contributed by atoms with Crippen LogP contribution in [0.3, 0.4) is 0 Å². The van der Waals surface area contributed by atoms with Crippen molar-refractivity contribution in [2.75, 3.05) is 11.5 Å².